The largest absolute Gasteiger partial charge is 0.494 e. The Morgan fingerprint density at radius 1 is 0.393 bits per heavy atom. The maximum absolute atomic E-state index is 13.1. The van der Waals surface area contributed by atoms with E-state index in [-0.39, 0.29) is 29.8 Å². The van der Waals surface area contributed by atoms with Gasteiger partial charge in [-0.1, -0.05) is 153 Å². The van der Waals surface area contributed by atoms with E-state index in [0.29, 0.717) is 60.0 Å². The van der Waals surface area contributed by atoms with Crippen LogP contribution in [0.2, 0.25) is 0 Å². The molecule has 2 amide bonds. The molecule has 0 aliphatic heterocycles. The van der Waals surface area contributed by atoms with Crippen LogP contribution in [-0.2, 0) is 47.2 Å². The molecule has 0 bridgehead atoms. The van der Waals surface area contributed by atoms with Crippen LogP contribution in [0.25, 0.3) is 21.8 Å². The Balaban J connectivity index is 0.783. The van der Waals surface area contributed by atoms with E-state index in [1.54, 1.807) is 53.7 Å². The maximum Gasteiger partial charge on any atom is 0.344 e. The number of Topliss-reactive ketones (excluding diaryl/α,β-unsaturated/α-hetero) is 2. The SMILES string of the molecule is Cc1c(C(=O)C(N)=O)c2c(OCC(=O)OC(C)(C)C)cccc2n1CCCCCCCCCCCCOc1ccc(C(C)(C)c2ccc(OCCCCCCCCCCCCn3c(C)c(C(=O)C(N)=O)c4c(OCC(=O)OC(C)(C)C)cccc43)cc2)cc1. The molecule has 16 heteroatoms. The topological polar surface area (TPSA) is 220 Å². The van der Waals surface area contributed by atoms with Crippen LogP contribution in [0, 0.1) is 13.8 Å². The van der Waals surface area contributed by atoms with E-state index in [0.717, 1.165) is 86.7 Å². The second kappa shape index (κ2) is 33.8. The van der Waals surface area contributed by atoms with E-state index in [2.05, 4.69) is 62.4 Å². The molecular formula is C73H100N4O12. The number of unbranched alkanes of at least 4 members (excludes halogenated alkanes) is 18. The summed E-state index contributed by atoms with van der Waals surface area (Å²) in [7, 11) is 0. The van der Waals surface area contributed by atoms with Crippen LogP contribution in [0.3, 0.4) is 0 Å². The number of carbonyl (C=O) groups is 6. The van der Waals surface area contributed by atoms with E-state index >= 15 is 0 Å². The minimum Gasteiger partial charge on any atom is -0.494 e. The Hall–Kier alpha value is -7.62. The fraction of sp³-hybridized carbons (Fsp3) is 0.534. The zero-order valence-electron chi connectivity index (χ0n) is 54.9. The van der Waals surface area contributed by atoms with Gasteiger partial charge in [-0.25, -0.2) is 9.59 Å². The van der Waals surface area contributed by atoms with Crippen molar-refractivity contribution in [2.75, 3.05) is 26.4 Å². The smallest absolute Gasteiger partial charge is 0.344 e. The van der Waals surface area contributed by atoms with Crippen LogP contribution in [0.4, 0.5) is 0 Å². The first-order valence-corrected chi connectivity index (χ1v) is 32.5. The van der Waals surface area contributed by atoms with Crippen LogP contribution in [-0.4, -0.2) is 82.1 Å². The molecule has 0 fully saturated rings. The molecule has 0 aliphatic carbocycles. The summed E-state index contributed by atoms with van der Waals surface area (Å²) in [5.41, 5.74) is 15.1. The number of primary amides is 2. The van der Waals surface area contributed by atoms with Gasteiger partial charge in [-0.15, -0.1) is 0 Å². The van der Waals surface area contributed by atoms with Gasteiger partial charge in [0.15, 0.2) is 13.2 Å². The molecule has 4 N–H and O–H groups in total. The average Bonchev–Trinajstić information content (AvgIpc) is 1.64. The lowest BCUT2D eigenvalue weighted by atomic mass is 9.78. The number of rotatable bonds is 40. The molecule has 0 aliphatic rings. The lowest BCUT2D eigenvalue weighted by molar-refractivity contribution is -0.158. The molecule has 6 aromatic rings. The van der Waals surface area contributed by atoms with Gasteiger partial charge in [0.2, 0.25) is 0 Å². The summed E-state index contributed by atoms with van der Waals surface area (Å²) in [6.45, 7) is 20.9. The number of ketones is 2. The highest BCUT2D eigenvalue weighted by molar-refractivity contribution is 6.45. The van der Waals surface area contributed by atoms with Crippen molar-refractivity contribution in [2.45, 2.75) is 227 Å². The number of ether oxygens (including phenoxy) is 6. The number of hydrogen-bond donors (Lipinski definition) is 2. The van der Waals surface area contributed by atoms with Gasteiger partial charge < -0.3 is 49.0 Å². The maximum atomic E-state index is 13.1. The number of carbonyl (C=O) groups excluding carboxylic acids is 6. The summed E-state index contributed by atoms with van der Waals surface area (Å²) >= 11 is 0. The Bertz CT molecular complexity index is 3080. The number of fused-ring (bicyclic) bond motifs is 2. The lowest BCUT2D eigenvalue weighted by Crippen LogP contribution is -2.27. The molecule has 0 atom stereocenters. The normalized spacial score (nSPS) is 11.9. The minimum atomic E-state index is -1.04. The fourth-order valence-corrected chi connectivity index (χ4v) is 11.7. The zero-order valence-corrected chi connectivity index (χ0v) is 54.9. The molecule has 16 nitrogen and oxygen atoms in total. The van der Waals surface area contributed by atoms with Crippen molar-refractivity contribution in [1.82, 2.24) is 9.13 Å². The highest BCUT2D eigenvalue weighted by Crippen LogP contribution is 2.38. The molecule has 6 rings (SSSR count). The lowest BCUT2D eigenvalue weighted by Gasteiger charge is -2.26. The van der Waals surface area contributed by atoms with Gasteiger partial charge in [0.25, 0.3) is 23.4 Å². The Morgan fingerprint density at radius 3 is 1.00 bits per heavy atom. The summed E-state index contributed by atoms with van der Waals surface area (Å²) in [6, 6.07) is 27.8. The van der Waals surface area contributed by atoms with Gasteiger partial charge in [0, 0.05) is 29.9 Å². The first-order valence-electron chi connectivity index (χ1n) is 32.5. The number of benzene rings is 4. The third-order valence-electron chi connectivity index (χ3n) is 16.3. The van der Waals surface area contributed by atoms with E-state index in [1.165, 1.54) is 75.3 Å². The van der Waals surface area contributed by atoms with Crippen molar-refractivity contribution in [2.24, 2.45) is 11.5 Å². The van der Waals surface area contributed by atoms with Gasteiger partial charge in [0.1, 0.15) is 34.2 Å². The predicted octanol–water partition coefficient (Wildman–Crippen LogP) is 15.3. The summed E-state index contributed by atoms with van der Waals surface area (Å²) in [5, 5.41) is 0.968. The third kappa shape index (κ3) is 21.3. The van der Waals surface area contributed by atoms with Crippen LogP contribution in [0.1, 0.15) is 227 Å². The third-order valence-corrected chi connectivity index (χ3v) is 16.3. The second-order valence-electron chi connectivity index (χ2n) is 26.1. The Morgan fingerprint density at radius 2 is 0.697 bits per heavy atom. The molecule has 0 saturated heterocycles. The molecule has 2 aromatic heterocycles. The van der Waals surface area contributed by atoms with Gasteiger partial charge in [-0.2, -0.15) is 0 Å². The Labute approximate surface area is 528 Å². The monoisotopic (exact) mass is 1220 g/mol. The van der Waals surface area contributed by atoms with Crippen LogP contribution >= 0.6 is 0 Å². The number of aryl methyl sites for hydroxylation is 2. The highest BCUT2D eigenvalue weighted by Gasteiger charge is 2.29. The molecule has 484 valence electrons. The fourth-order valence-electron chi connectivity index (χ4n) is 11.7. The van der Waals surface area contributed by atoms with Crippen LogP contribution in [0.15, 0.2) is 84.9 Å². The van der Waals surface area contributed by atoms with Crippen molar-refractivity contribution < 1.29 is 57.2 Å². The number of esters is 2. The molecule has 0 saturated carbocycles. The van der Waals surface area contributed by atoms with E-state index in [9.17, 15) is 28.8 Å². The minimum absolute atomic E-state index is 0.183. The van der Waals surface area contributed by atoms with E-state index in [4.69, 9.17) is 39.9 Å². The first kappa shape index (κ1) is 70.5. The summed E-state index contributed by atoms with van der Waals surface area (Å²) in [5.74, 6) is -2.24. The number of nitrogens with zero attached hydrogens (tertiary/aromatic N) is 2. The number of nitrogens with two attached hydrogens (primary N) is 2. The van der Waals surface area contributed by atoms with Crippen molar-refractivity contribution in [3.8, 4) is 23.0 Å². The summed E-state index contributed by atoms with van der Waals surface area (Å²) < 4.78 is 38.9. The Kier molecular flexibility index (Phi) is 26.8. The summed E-state index contributed by atoms with van der Waals surface area (Å²) in [6.07, 6.45) is 22.5. The zero-order chi connectivity index (χ0) is 64.7. The summed E-state index contributed by atoms with van der Waals surface area (Å²) in [4.78, 5) is 75.1. The van der Waals surface area contributed by atoms with E-state index < -0.39 is 46.5 Å². The van der Waals surface area contributed by atoms with Gasteiger partial charge in [-0.3, -0.25) is 19.2 Å². The van der Waals surface area contributed by atoms with Gasteiger partial charge >= 0.3 is 11.9 Å². The molecule has 89 heavy (non-hydrogen) atoms. The molecular weight excluding hydrogens is 1120 g/mol. The molecule has 0 radical (unpaired) electrons. The highest BCUT2D eigenvalue weighted by atomic mass is 16.6. The first-order chi connectivity index (χ1) is 42.4. The number of aromatic nitrogens is 2. The quantitative estimate of drug-likeness (QED) is 0.0159. The number of hydrogen-bond acceptors (Lipinski definition) is 12. The molecule has 2 heterocycles. The van der Waals surface area contributed by atoms with Crippen LogP contribution < -0.4 is 30.4 Å². The molecule has 4 aromatic carbocycles. The van der Waals surface area contributed by atoms with Crippen molar-refractivity contribution in [3.63, 3.8) is 0 Å². The van der Waals surface area contributed by atoms with Gasteiger partial charge in [-0.05, 0) is 141 Å². The van der Waals surface area contributed by atoms with Crippen molar-refractivity contribution in [3.05, 3.63) is 119 Å². The predicted molar refractivity (Wildman–Crippen MR) is 351 cm³/mol. The molecule has 0 spiro atoms. The van der Waals surface area contributed by atoms with Crippen molar-refractivity contribution >= 4 is 57.1 Å². The molecule has 0 unspecified atom stereocenters. The van der Waals surface area contributed by atoms with Gasteiger partial charge in [0.05, 0.1) is 46.1 Å². The standard InChI is InChI=1S/C73H100N4O12/c1-51-63(67(80)69(74)82)65-57(33-31-35-59(65)86-49-61(78)88-71(3,4)5)76(51)45-27-23-19-15-11-13-17-21-25-29-47-84-55-41-37-53(38-42-55)73(9,10)54-39-43-56(44-40-54)85-48-30-26-22-18-14-12-16-20-24-28-46-77-52(2)64(68(81)70(75)83)66-58(77)34-32-36-60(66)87-50-62(79)89-72(6,7)8/h31-44H,11-30,45-50H2,1-10H3,(H2,74,82)(H2,75,83). The average molecular weight is 1230 g/mol. The van der Waals surface area contributed by atoms with Crippen molar-refractivity contribution in [1.29, 1.82) is 0 Å². The number of amides is 2. The second-order valence-corrected chi connectivity index (χ2v) is 26.1. The van der Waals surface area contributed by atoms with Crippen LogP contribution in [0.5, 0.6) is 23.0 Å². The van der Waals surface area contributed by atoms with E-state index in [1.807, 2.05) is 47.2 Å².